The molecule has 1 saturated heterocycles. The van der Waals surface area contributed by atoms with E-state index in [1.807, 2.05) is 54.5 Å². The van der Waals surface area contributed by atoms with E-state index in [9.17, 15) is 4.79 Å². The quantitative estimate of drug-likeness (QED) is 0.715. The predicted molar refractivity (Wildman–Crippen MR) is 108 cm³/mol. The Morgan fingerprint density at radius 3 is 2.61 bits per heavy atom. The fourth-order valence-corrected chi connectivity index (χ4v) is 3.44. The van der Waals surface area contributed by atoms with Gasteiger partial charge in [0.1, 0.15) is 5.69 Å². The van der Waals surface area contributed by atoms with E-state index >= 15 is 0 Å². The van der Waals surface area contributed by atoms with Crippen molar-refractivity contribution in [1.82, 2.24) is 24.8 Å². The van der Waals surface area contributed by atoms with Gasteiger partial charge in [0, 0.05) is 74.7 Å². The van der Waals surface area contributed by atoms with E-state index in [0.29, 0.717) is 18.7 Å². The highest BCUT2D eigenvalue weighted by atomic mass is 16.1. The monoisotopic (exact) mass is 376 g/mol. The molecule has 4 rings (SSSR count). The number of aryl methyl sites for hydroxylation is 1. The van der Waals surface area contributed by atoms with Gasteiger partial charge in [-0.15, -0.1) is 0 Å². The van der Waals surface area contributed by atoms with E-state index in [4.69, 9.17) is 0 Å². The maximum atomic E-state index is 12.5. The first-order valence-electron chi connectivity index (χ1n) is 9.62. The van der Waals surface area contributed by atoms with Gasteiger partial charge in [0.25, 0.3) is 5.91 Å². The minimum absolute atomic E-state index is 0.0979. The summed E-state index contributed by atoms with van der Waals surface area (Å²) in [5.41, 5.74) is 3.42. The second-order valence-corrected chi connectivity index (χ2v) is 7.02. The summed E-state index contributed by atoms with van der Waals surface area (Å²) in [5.74, 6) is 0.684. The number of nitrogens with zero attached hydrogens (tertiary/aromatic N) is 5. The summed E-state index contributed by atoms with van der Waals surface area (Å²) in [6.07, 6.45) is 10.5. The Morgan fingerprint density at radius 2 is 1.89 bits per heavy atom. The Bertz CT molecular complexity index is 929. The highest BCUT2D eigenvalue weighted by Crippen LogP contribution is 2.22. The number of aromatic nitrogens is 4. The number of carbonyl (C=O) groups is 1. The fraction of sp³-hybridized carbons (Fsp3) is 0.333. The van der Waals surface area contributed by atoms with Crippen molar-refractivity contribution in [3.8, 4) is 11.1 Å². The van der Waals surface area contributed by atoms with Gasteiger partial charge in [0.05, 0.1) is 0 Å². The Balaban J connectivity index is 1.40. The van der Waals surface area contributed by atoms with Gasteiger partial charge in [-0.3, -0.25) is 9.78 Å². The third-order valence-electron chi connectivity index (χ3n) is 4.99. The molecule has 3 aromatic heterocycles. The lowest BCUT2D eigenvalue weighted by atomic mass is 10.2. The molecule has 3 aromatic rings. The van der Waals surface area contributed by atoms with Crippen LogP contribution in [0.5, 0.6) is 0 Å². The average Bonchev–Trinajstić information content (AvgIpc) is 3.39. The van der Waals surface area contributed by atoms with Gasteiger partial charge in [0.2, 0.25) is 5.95 Å². The van der Waals surface area contributed by atoms with Crippen LogP contribution < -0.4 is 10.2 Å². The van der Waals surface area contributed by atoms with Gasteiger partial charge in [-0.05, 0) is 31.0 Å². The minimum Gasteiger partial charge on any atom is -0.350 e. The van der Waals surface area contributed by atoms with E-state index in [2.05, 4.69) is 25.2 Å². The molecule has 0 aromatic carbocycles. The zero-order chi connectivity index (χ0) is 19.3. The number of hydrogen-bond acceptors (Lipinski definition) is 5. The molecular formula is C21H24N6O. The molecule has 0 spiro atoms. The molecule has 0 unspecified atom stereocenters. The van der Waals surface area contributed by atoms with Crippen molar-refractivity contribution < 1.29 is 4.79 Å². The van der Waals surface area contributed by atoms with Crippen molar-refractivity contribution in [2.45, 2.75) is 19.3 Å². The molecule has 0 saturated carbocycles. The lowest BCUT2D eigenvalue weighted by Crippen LogP contribution is -2.27. The number of anilines is 1. The van der Waals surface area contributed by atoms with Gasteiger partial charge in [-0.1, -0.05) is 6.07 Å². The molecule has 0 radical (unpaired) electrons. The van der Waals surface area contributed by atoms with Crippen LogP contribution in [0.1, 0.15) is 29.0 Å². The molecule has 1 amide bonds. The summed E-state index contributed by atoms with van der Waals surface area (Å²) in [6.45, 7) is 2.59. The molecule has 144 valence electrons. The van der Waals surface area contributed by atoms with Gasteiger partial charge in [-0.25, -0.2) is 9.97 Å². The molecule has 0 atom stereocenters. The molecule has 1 fully saturated rings. The SMILES string of the molecule is Cn1cc(-c2cnc(N3CCCC3)nc2)cc1C(=O)NCCc1ccccn1. The third-order valence-corrected chi connectivity index (χ3v) is 4.99. The van der Waals surface area contributed by atoms with Crippen LogP contribution >= 0.6 is 0 Å². The second kappa shape index (κ2) is 8.21. The number of rotatable bonds is 6. The molecule has 0 bridgehead atoms. The maximum Gasteiger partial charge on any atom is 0.267 e. The van der Waals surface area contributed by atoms with E-state index in [0.717, 1.165) is 35.9 Å². The first-order valence-corrected chi connectivity index (χ1v) is 9.62. The molecular weight excluding hydrogens is 352 g/mol. The van der Waals surface area contributed by atoms with Crippen LogP contribution in [0.25, 0.3) is 11.1 Å². The highest BCUT2D eigenvalue weighted by molar-refractivity contribution is 5.94. The van der Waals surface area contributed by atoms with E-state index in [-0.39, 0.29) is 5.91 Å². The Labute approximate surface area is 164 Å². The van der Waals surface area contributed by atoms with Gasteiger partial charge < -0.3 is 14.8 Å². The minimum atomic E-state index is -0.0979. The normalized spacial score (nSPS) is 13.7. The van der Waals surface area contributed by atoms with Crippen LogP contribution in [0, 0.1) is 0 Å². The standard InChI is InChI=1S/C21H24N6O/c1-26-15-16(17-13-24-21(25-14-17)27-10-4-5-11-27)12-19(26)20(28)23-9-7-18-6-2-3-8-22-18/h2-3,6,8,12-15H,4-5,7,9-11H2,1H3,(H,23,28). The fourth-order valence-electron chi connectivity index (χ4n) is 3.44. The second-order valence-electron chi connectivity index (χ2n) is 7.02. The third kappa shape index (κ3) is 4.03. The van der Waals surface area contributed by atoms with Crippen molar-refractivity contribution in [3.63, 3.8) is 0 Å². The zero-order valence-corrected chi connectivity index (χ0v) is 16.0. The molecule has 4 heterocycles. The van der Waals surface area contributed by atoms with Crippen molar-refractivity contribution in [2.75, 3.05) is 24.5 Å². The molecule has 7 heteroatoms. The first kappa shape index (κ1) is 18.2. The molecule has 1 aliphatic rings. The van der Waals surface area contributed by atoms with Crippen LogP contribution in [0.3, 0.4) is 0 Å². The van der Waals surface area contributed by atoms with Crippen LogP contribution in [-0.2, 0) is 13.5 Å². The summed E-state index contributed by atoms with van der Waals surface area (Å²) in [4.78, 5) is 28.0. The summed E-state index contributed by atoms with van der Waals surface area (Å²) in [6, 6.07) is 7.67. The van der Waals surface area contributed by atoms with Gasteiger partial charge in [-0.2, -0.15) is 0 Å². The van der Waals surface area contributed by atoms with Crippen LogP contribution in [0.2, 0.25) is 0 Å². The Kier molecular flexibility index (Phi) is 5.32. The Morgan fingerprint density at radius 1 is 1.11 bits per heavy atom. The number of carbonyl (C=O) groups excluding carboxylic acids is 1. The van der Waals surface area contributed by atoms with Crippen molar-refractivity contribution in [3.05, 3.63) is 60.4 Å². The molecule has 1 aliphatic heterocycles. The van der Waals surface area contributed by atoms with Crippen molar-refractivity contribution in [1.29, 1.82) is 0 Å². The number of pyridine rings is 1. The Hall–Kier alpha value is -3.22. The zero-order valence-electron chi connectivity index (χ0n) is 16.0. The van der Waals surface area contributed by atoms with Crippen LogP contribution in [0.15, 0.2) is 49.1 Å². The van der Waals surface area contributed by atoms with Crippen molar-refractivity contribution >= 4 is 11.9 Å². The number of nitrogens with one attached hydrogen (secondary N) is 1. The highest BCUT2D eigenvalue weighted by Gasteiger charge is 2.16. The number of hydrogen-bond donors (Lipinski definition) is 1. The molecule has 7 nitrogen and oxygen atoms in total. The molecule has 28 heavy (non-hydrogen) atoms. The lowest BCUT2D eigenvalue weighted by molar-refractivity contribution is 0.0946. The lowest BCUT2D eigenvalue weighted by Gasteiger charge is -2.14. The summed E-state index contributed by atoms with van der Waals surface area (Å²) in [7, 11) is 1.87. The van der Waals surface area contributed by atoms with Gasteiger partial charge in [0.15, 0.2) is 0 Å². The van der Waals surface area contributed by atoms with E-state index in [1.165, 1.54) is 12.8 Å². The number of amides is 1. The average molecular weight is 376 g/mol. The van der Waals surface area contributed by atoms with Gasteiger partial charge >= 0.3 is 0 Å². The van der Waals surface area contributed by atoms with E-state index in [1.54, 1.807) is 6.20 Å². The smallest absolute Gasteiger partial charge is 0.267 e. The van der Waals surface area contributed by atoms with Crippen LogP contribution in [0.4, 0.5) is 5.95 Å². The molecule has 0 aliphatic carbocycles. The summed E-state index contributed by atoms with van der Waals surface area (Å²) < 4.78 is 1.83. The molecule has 1 N–H and O–H groups in total. The topological polar surface area (TPSA) is 75.9 Å². The van der Waals surface area contributed by atoms with E-state index < -0.39 is 0 Å². The summed E-state index contributed by atoms with van der Waals surface area (Å²) in [5, 5.41) is 2.96. The predicted octanol–water partition coefficient (Wildman–Crippen LogP) is 2.45. The van der Waals surface area contributed by atoms with Crippen LogP contribution in [-0.4, -0.2) is 45.1 Å². The summed E-state index contributed by atoms with van der Waals surface area (Å²) >= 11 is 0. The maximum absolute atomic E-state index is 12.5. The largest absolute Gasteiger partial charge is 0.350 e. The van der Waals surface area contributed by atoms with Crippen molar-refractivity contribution in [2.24, 2.45) is 7.05 Å². The first-order chi connectivity index (χ1) is 13.7.